The van der Waals surface area contributed by atoms with E-state index in [0.717, 1.165) is 32.3 Å². The number of β-lactam (4-membered cyclic amide) rings is 1. The SMILES string of the molecule is NC(=[NH2+])SCc1ccc(SC2=C(C(=O)O)N3C(=O)[C@@H](NC(=O)/C(=N\O)c4csc(N)n4)[C@H]3SC2)c(CSC(N)=[NH2+])c1.O=C([O-])C(Cl)Cl.O=C([O-])C(Cl)Cl. The van der Waals surface area contributed by atoms with Crippen LogP contribution in [0.4, 0.5) is 5.13 Å². The highest BCUT2D eigenvalue weighted by Gasteiger charge is 2.54. The number of oxime groups is 1. The molecule has 0 aliphatic carbocycles. The van der Waals surface area contributed by atoms with Crippen molar-refractivity contribution in [2.75, 3.05) is 11.5 Å². The maximum absolute atomic E-state index is 13.1. The number of carboxylic acid groups (broad SMARTS) is 3. The summed E-state index contributed by atoms with van der Waals surface area (Å²) in [7, 11) is 0. The van der Waals surface area contributed by atoms with Crippen LogP contribution < -0.4 is 43.5 Å². The number of carbonyl (C=O) groups excluding carboxylic acids is 4. The lowest BCUT2D eigenvalue weighted by Gasteiger charge is -2.49. The number of hydrogen-bond donors (Lipinski definition) is 8. The molecule has 0 spiro atoms. The van der Waals surface area contributed by atoms with Gasteiger partial charge in [0.2, 0.25) is 0 Å². The molecule has 0 bridgehead atoms. The molecule has 0 radical (unpaired) electrons. The molecular formula is C26H27Cl4N9O9S5. The fraction of sp³-hybridized carbons (Fsp3) is 0.269. The van der Waals surface area contributed by atoms with Gasteiger partial charge in [0, 0.05) is 32.4 Å². The quantitative estimate of drug-likeness (QED) is 0.0264. The van der Waals surface area contributed by atoms with Crippen LogP contribution in [0.1, 0.15) is 16.8 Å². The van der Waals surface area contributed by atoms with E-state index in [1.807, 2.05) is 18.2 Å². The Bertz CT molecular complexity index is 1800. The van der Waals surface area contributed by atoms with Gasteiger partial charge in [-0.1, -0.05) is 75.5 Å². The van der Waals surface area contributed by atoms with E-state index in [9.17, 15) is 44.5 Å². The number of aliphatic carboxylic acids is 3. The normalized spacial score (nSPS) is 16.4. The lowest BCUT2D eigenvalue weighted by Crippen LogP contribution is -2.71. The number of amides is 2. The van der Waals surface area contributed by atoms with Gasteiger partial charge in [-0.25, -0.2) is 9.78 Å². The number of nitrogens with zero attached hydrogens (tertiary/aromatic N) is 3. The molecule has 1 aromatic carbocycles. The largest absolute Gasteiger partial charge is 0.547 e. The highest BCUT2D eigenvalue weighted by molar-refractivity contribution is 8.13. The molecular weight excluding hydrogens is 884 g/mol. The van der Waals surface area contributed by atoms with Gasteiger partial charge in [-0.05, 0) is 40.7 Å². The van der Waals surface area contributed by atoms with Crippen LogP contribution in [0.15, 0.2) is 44.2 Å². The number of alkyl halides is 4. The molecule has 18 nitrogen and oxygen atoms in total. The van der Waals surface area contributed by atoms with Crippen LogP contribution in [0.3, 0.4) is 0 Å². The third kappa shape index (κ3) is 13.8. The number of halogens is 4. The summed E-state index contributed by atoms with van der Waals surface area (Å²) in [5.74, 6) is -4.40. The summed E-state index contributed by atoms with van der Waals surface area (Å²) in [6.07, 6.45) is 0. The number of nitrogens with one attached hydrogen (secondary N) is 1. The van der Waals surface area contributed by atoms with Gasteiger partial charge in [-0.2, -0.15) is 0 Å². The number of thioether (sulfide) groups is 4. The van der Waals surface area contributed by atoms with Crippen molar-refractivity contribution < 1.29 is 55.3 Å². The number of fused-ring (bicyclic) bond motifs is 1. The minimum absolute atomic E-state index is 0.0504. The average Bonchev–Trinajstić information content (AvgIpc) is 3.51. The third-order valence-corrected chi connectivity index (χ3v) is 11.7. The van der Waals surface area contributed by atoms with E-state index in [1.165, 1.54) is 52.4 Å². The average molecular weight is 912 g/mol. The minimum Gasteiger partial charge on any atom is -0.547 e. The number of thiazole rings is 1. The Hall–Kier alpha value is -3.29. The van der Waals surface area contributed by atoms with Crippen LogP contribution in [0.25, 0.3) is 0 Å². The maximum Gasteiger partial charge on any atom is 0.353 e. The van der Waals surface area contributed by atoms with E-state index >= 15 is 0 Å². The van der Waals surface area contributed by atoms with E-state index in [1.54, 1.807) is 0 Å². The molecule has 0 saturated carbocycles. The highest BCUT2D eigenvalue weighted by Crippen LogP contribution is 2.46. The molecule has 27 heteroatoms. The van der Waals surface area contributed by atoms with Gasteiger partial charge in [0.05, 0.1) is 11.9 Å². The molecule has 1 aromatic heterocycles. The molecule has 1 saturated heterocycles. The first-order chi connectivity index (χ1) is 24.8. The second-order valence-corrected chi connectivity index (χ2v) is 17.0. The van der Waals surface area contributed by atoms with Crippen LogP contribution >= 0.6 is 105 Å². The Labute approximate surface area is 340 Å². The van der Waals surface area contributed by atoms with Crippen molar-refractivity contribution in [1.29, 1.82) is 0 Å². The number of nitrogens with two attached hydrogens (primary N) is 5. The number of carboxylic acids is 3. The number of anilines is 1. The zero-order valence-corrected chi connectivity index (χ0v) is 33.4. The van der Waals surface area contributed by atoms with Crippen LogP contribution in [0, 0.1) is 0 Å². The predicted octanol–water partition coefficient (Wildman–Crippen LogP) is -2.91. The zero-order chi connectivity index (χ0) is 40.2. The van der Waals surface area contributed by atoms with E-state index in [-0.39, 0.29) is 32.6 Å². The number of hydrogen-bond acceptors (Lipinski definition) is 16. The van der Waals surface area contributed by atoms with Crippen molar-refractivity contribution >= 4 is 156 Å². The summed E-state index contributed by atoms with van der Waals surface area (Å²) in [4.78, 5) is 60.4. The van der Waals surface area contributed by atoms with E-state index in [4.69, 9.17) is 74.4 Å². The second-order valence-electron chi connectivity index (χ2n) is 9.62. The first kappa shape index (κ1) is 45.9. The molecule has 2 aliphatic rings. The monoisotopic (exact) mass is 909 g/mol. The Morgan fingerprint density at radius 2 is 1.64 bits per heavy atom. The summed E-state index contributed by atoms with van der Waals surface area (Å²) in [6, 6.07) is 4.67. The molecule has 1 fully saturated rings. The zero-order valence-electron chi connectivity index (χ0n) is 26.3. The maximum atomic E-state index is 13.1. The Kier molecular flexibility index (Phi) is 18.7. The Morgan fingerprint density at radius 3 is 2.11 bits per heavy atom. The summed E-state index contributed by atoms with van der Waals surface area (Å²) >= 11 is 25.0. The molecule has 0 unspecified atom stereocenters. The van der Waals surface area contributed by atoms with Gasteiger partial charge in [0.25, 0.3) is 22.1 Å². The summed E-state index contributed by atoms with van der Waals surface area (Å²) < 4.78 is 0. The van der Waals surface area contributed by atoms with Crippen molar-refractivity contribution in [3.63, 3.8) is 0 Å². The molecule has 288 valence electrons. The van der Waals surface area contributed by atoms with E-state index in [0.29, 0.717) is 16.4 Å². The first-order valence-corrected chi connectivity index (χ1v) is 20.2. The first-order valence-electron chi connectivity index (χ1n) is 13.7. The molecule has 2 aromatic rings. The van der Waals surface area contributed by atoms with Crippen molar-refractivity contribution in [2.24, 2.45) is 16.6 Å². The van der Waals surface area contributed by atoms with Crippen LogP contribution in [-0.2, 0) is 35.5 Å². The van der Waals surface area contributed by atoms with Gasteiger partial charge in [0.15, 0.2) is 10.8 Å². The fourth-order valence-corrected chi connectivity index (χ4v) is 8.18. The molecule has 4 rings (SSSR count). The highest BCUT2D eigenvalue weighted by atomic mass is 35.5. The van der Waals surface area contributed by atoms with Crippen molar-refractivity contribution in [3.05, 3.63) is 51.0 Å². The number of carbonyl (C=O) groups is 5. The number of nitrogen functional groups attached to an aromatic ring is 1. The standard InChI is InChI=1S/C22H23N9O5S5.2C2H2Cl2O2/c23-20(24)38-4-8-1-2-11(9(3-8)5-39-21(25)26)41-12-7-37-18-14(17(33)31(18)15(12)19(34)35)29-16(32)13(30-36)10-6-40-22(27)28-10;2*3-1(4)2(5)6/h1-3,6,14,18,36H,4-5,7H2,(H3,23,24)(H3,25,26)(H2,27,28)(H,29,32)(H,34,35);2*1H,(H,5,6)/b30-13-;;/t14-,18-;;/m1../s1. The minimum atomic E-state index is -1.46. The number of amidine groups is 2. The number of benzene rings is 1. The molecule has 3 heterocycles. The van der Waals surface area contributed by atoms with Gasteiger partial charge in [-0.3, -0.25) is 36.8 Å². The van der Waals surface area contributed by atoms with Crippen molar-refractivity contribution in [2.45, 2.75) is 37.5 Å². The van der Waals surface area contributed by atoms with E-state index in [2.05, 4.69) is 15.5 Å². The van der Waals surface area contributed by atoms with Crippen LogP contribution in [0.2, 0.25) is 0 Å². The Balaban J connectivity index is 0.000000698. The lowest BCUT2D eigenvalue weighted by molar-refractivity contribution is -0.304. The molecule has 13 N–H and O–H groups in total. The van der Waals surface area contributed by atoms with Gasteiger partial charge in [-0.15, -0.1) is 23.1 Å². The summed E-state index contributed by atoms with van der Waals surface area (Å²) in [5, 5.41) is 56.2. The molecule has 53 heavy (non-hydrogen) atoms. The van der Waals surface area contributed by atoms with Crippen molar-refractivity contribution in [3.8, 4) is 0 Å². The number of rotatable bonds is 12. The van der Waals surface area contributed by atoms with Gasteiger partial charge in [0.1, 0.15) is 32.5 Å². The smallest absolute Gasteiger partial charge is 0.353 e. The van der Waals surface area contributed by atoms with Crippen LogP contribution in [0.5, 0.6) is 0 Å². The second kappa shape index (κ2) is 21.6. The number of aromatic nitrogens is 1. The fourth-order valence-electron chi connectivity index (χ4n) is 3.88. The Morgan fingerprint density at radius 1 is 1.08 bits per heavy atom. The summed E-state index contributed by atoms with van der Waals surface area (Å²) in [5.41, 5.74) is 18.1. The molecule has 2 atom stereocenters. The van der Waals surface area contributed by atoms with Crippen LogP contribution in [-0.4, -0.2) is 92.8 Å². The predicted molar refractivity (Wildman–Crippen MR) is 203 cm³/mol. The molecule has 2 amide bonds. The summed E-state index contributed by atoms with van der Waals surface area (Å²) in [6.45, 7) is 0. The molecule has 2 aliphatic heterocycles. The van der Waals surface area contributed by atoms with E-state index < -0.39 is 56.5 Å². The van der Waals surface area contributed by atoms with Gasteiger partial charge >= 0.3 is 5.97 Å². The topological polar surface area (TPSA) is 342 Å². The van der Waals surface area contributed by atoms with Crippen molar-refractivity contribution in [1.82, 2.24) is 15.2 Å². The van der Waals surface area contributed by atoms with Gasteiger partial charge < -0.3 is 41.2 Å². The third-order valence-electron chi connectivity index (χ3n) is 6.02. The lowest BCUT2D eigenvalue weighted by atomic mass is 10.0.